The average molecular weight is 344 g/mol. The SMILES string of the molecule is CCOC(=O)C=C(N1CC(CS(N)(=O)=O)CC1=O)C(F)(F)F. The van der Waals surface area contributed by atoms with Crippen LogP contribution in [0.25, 0.3) is 0 Å². The lowest BCUT2D eigenvalue weighted by atomic mass is 10.1. The van der Waals surface area contributed by atoms with Crippen molar-refractivity contribution >= 4 is 21.9 Å². The van der Waals surface area contributed by atoms with Gasteiger partial charge in [0.1, 0.15) is 5.70 Å². The number of amides is 1. The van der Waals surface area contributed by atoms with Gasteiger partial charge >= 0.3 is 12.1 Å². The zero-order valence-electron chi connectivity index (χ0n) is 11.6. The molecule has 1 fully saturated rings. The number of allylic oxidation sites excluding steroid dienone is 1. The van der Waals surface area contributed by atoms with Gasteiger partial charge in [-0.15, -0.1) is 0 Å². The summed E-state index contributed by atoms with van der Waals surface area (Å²) in [6, 6.07) is 0. The van der Waals surface area contributed by atoms with E-state index in [4.69, 9.17) is 5.14 Å². The van der Waals surface area contributed by atoms with Crippen LogP contribution in [0.3, 0.4) is 0 Å². The number of primary sulfonamides is 1. The number of hydrogen-bond acceptors (Lipinski definition) is 5. The molecule has 0 aromatic rings. The smallest absolute Gasteiger partial charge is 0.431 e. The second-order valence-corrected chi connectivity index (χ2v) is 6.34. The van der Waals surface area contributed by atoms with Gasteiger partial charge in [-0.05, 0) is 6.92 Å². The van der Waals surface area contributed by atoms with Crippen LogP contribution in [0, 0.1) is 5.92 Å². The predicted octanol–water partition coefficient (Wildman–Crippen LogP) is 0.133. The summed E-state index contributed by atoms with van der Waals surface area (Å²) >= 11 is 0. The number of halogens is 3. The molecule has 0 spiro atoms. The second-order valence-electron chi connectivity index (χ2n) is 4.68. The van der Waals surface area contributed by atoms with Gasteiger partial charge in [-0.1, -0.05) is 0 Å². The van der Waals surface area contributed by atoms with E-state index in [2.05, 4.69) is 4.74 Å². The first-order valence-electron chi connectivity index (χ1n) is 6.20. The summed E-state index contributed by atoms with van der Waals surface area (Å²) in [4.78, 5) is 23.3. The first-order chi connectivity index (χ1) is 9.94. The van der Waals surface area contributed by atoms with Crippen LogP contribution >= 0.6 is 0 Å². The zero-order valence-corrected chi connectivity index (χ0v) is 12.4. The highest BCUT2D eigenvalue weighted by Crippen LogP contribution is 2.33. The average Bonchev–Trinajstić information content (AvgIpc) is 2.63. The third kappa shape index (κ3) is 5.30. The van der Waals surface area contributed by atoms with Crippen molar-refractivity contribution in [3.05, 3.63) is 11.8 Å². The summed E-state index contributed by atoms with van der Waals surface area (Å²) in [7, 11) is -3.92. The summed E-state index contributed by atoms with van der Waals surface area (Å²) in [5, 5.41) is 4.82. The molecule has 0 saturated carbocycles. The van der Waals surface area contributed by atoms with Crippen molar-refractivity contribution in [2.24, 2.45) is 11.1 Å². The third-order valence-electron chi connectivity index (χ3n) is 2.80. The second kappa shape index (κ2) is 6.65. The number of ether oxygens (including phenoxy) is 1. The van der Waals surface area contributed by atoms with Crippen molar-refractivity contribution < 1.29 is 35.9 Å². The summed E-state index contributed by atoms with van der Waals surface area (Å²) in [6.45, 7) is 0.810. The number of alkyl halides is 3. The summed E-state index contributed by atoms with van der Waals surface area (Å²) < 4.78 is 65.3. The van der Waals surface area contributed by atoms with Crippen LogP contribution in [-0.2, 0) is 24.3 Å². The zero-order chi connectivity index (χ0) is 17.1. The number of hydrogen-bond donors (Lipinski definition) is 1. The van der Waals surface area contributed by atoms with Crippen molar-refractivity contribution in [1.82, 2.24) is 4.90 Å². The Labute approximate surface area is 124 Å². The molecule has 1 aliphatic heterocycles. The molecule has 1 heterocycles. The van der Waals surface area contributed by atoms with Gasteiger partial charge in [0.05, 0.1) is 18.4 Å². The lowest BCUT2D eigenvalue weighted by molar-refractivity contribution is -0.142. The van der Waals surface area contributed by atoms with E-state index in [1.54, 1.807) is 0 Å². The number of carbonyl (C=O) groups excluding carboxylic acids is 2. The van der Waals surface area contributed by atoms with Gasteiger partial charge in [0.2, 0.25) is 15.9 Å². The Hall–Kier alpha value is -1.62. The monoisotopic (exact) mass is 344 g/mol. The minimum absolute atomic E-state index is 0.123. The van der Waals surface area contributed by atoms with E-state index in [-0.39, 0.29) is 12.7 Å². The van der Waals surface area contributed by atoms with Crippen molar-refractivity contribution in [2.75, 3.05) is 18.9 Å². The molecule has 126 valence electrons. The maximum Gasteiger partial charge on any atom is 0.431 e. The first-order valence-corrected chi connectivity index (χ1v) is 7.92. The Balaban J connectivity index is 3.02. The van der Waals surface area contributed by atoms with E-state index in [0.29, 0.717) is 4.90 Å². The topological polar surface area (TPSA) is 107 Å². The normalized spacial score (nSPS) is 20.4. The Morgan fingerprint density at radius 3 is 2.55 bits per heavy atom. The number of likely N-dealkylation sites (tertiary alicyclic amines) is 1. The van der Waals surface area contributed by atoms with E-state index < -0.39 is 58.4 Å². The van der Waals surface area contributed by atoms with Gasteiger partial charge in [0.25, 0.3) is 0 Å². The highest BCUT2D eigenvalue weighted by molar-refractivity contribution is 7.89. The lowest BCUT2D eigenvalue weighted by Gasteiger charge is -2.22. The highest BCUT2D eigenvalue weighted by Gasteiger charge is 2.45. The lowest BCUT2D eigenvalue weighted by Crippen LogP contribution is -2.34. The number of carbonyl (C=O) groups is 2. The molecule has 7 nitrogen and oxygen atoms in total. The fraction of sp³-hybridized carbons (Fsp3) is 0.636. The van der Waals surface area contributed by atoms with Crippen molar-refractivity contribution in [2.45, 2.75) is 19.5 Å². The van der Waals surface area contributed by atoms with Crippen LogP contribution < -0.4 is 5.14 Å². The van der Waals surface area contributed by atoms with Gasteiger partial charge in [0, 0.05) is 18.9 Å². The number of sulfonamides is 1. The van der Waals surface area contributed by atoms with Crippen molar-refractivity contribution in [1.29, 1.82) is 0 Å². The van der Waals surface area contributed by atoms with Gasteiger partial charge in [-0.25, -0.2) is 18.4 Å². The van der Waals surface area contributed by atoms with Crippen LogP contribution in [-0.4, -0.2) is 50.3 Å². The fourth-order valence-corrected chi connectivity index (χ4v) is 2.94. The summed E-state index contributed by atoms with van der Waals surface area (Å²) in [5.74, 6) is -3.64. The molecule has 1 atom stereocenters. The number of nitrogens with two attached hydrogens (primary N) is 1. The minimum atomic E-state index is -4.96. The molecule has 0 aliphatic carbocycles. The molecule has 2 N–H and O–H groups in total. The third-order valence-corrected chi connectivity index (χ3v) is 3.73. The summed E-state index contributed by atoms with van der Waals surface area (Å²) in [5.41, 5.74) is -1.48. The molecule has 0 radical (unpaired) electrons. The highest BCUT2D eigenvalue weighted by atomic mass is 32.2. The van der Waals surface area contributed by atoms with Gasteiger partial charge in [0.15, 0.2) is 0 Å². The van der Waals surface area contributed by atoms with Crippen molar-refractivity contribution in [3.8, 4) is 0 Å². The number of rotatable bonds is 5. The van der Waals surface area contributed by atoms with E-state index >= 15 is 0 Å². The Kier molecular flexibility index (Phi) is 5.57. The predicted molar refractivity (Wildman–Crippen MR) is 68.6 cm³/mol. The number of esters is 1. The number of nitrogens with zero attached hydrogens (tertiary/aromatic N) is 1. The van der Waals surface area contributed by atoms with E-state index in [0.717, 1.165) is 0 Å². The van der Waals surface area contributed by atoms with Gasteiger partial charge in [-0.2, -0.15) is 13.2 Å². The quantitative estimate of drug-likeness (QED) is 0.564. The molecule has 1 rings (SSSR count). The molecule has 0 aromatic carbocycles. The summed E-state index contributed by atoms with van der Waals surface area (Å²) in [6.07, 6.45) is -5.17. The molecule has 1 amide bonds. The van der Waals surface area contributed by atoms with Crippen LogP contribution in [0.4, 0.5) is 13.2 Å². The molecule has 1 unspecified atom stereocenters. The largest absolute Gasteiger partial charge is 0.463 e. The molecule has 1 aliphatic rings. The molecule has 11 heteroatoms. The van der Waals surface area contributed by atoms with E-state index in [9.17, 15) is 31.2 Å². The fourth-order valence-electron chi connectivity index (χ4n) is 2.06. The van der Waals surface area contributed by atoms with E-state index in [1.165, 1.54) is 6.92 Å². The minimum Gasteiger partial charge on any atom is -0.463 e. The van der Waals surface area contributed by atoms with Crippen LogP contribution in [0.2, 0.25) is 0 Å². The Morgan fingerprint density at radius 2 is 2.09 bits per heavy atom. The Morgan fingerprint density at radius 1 is 1.50 bits per heavy atom. The molecule has 22 heavy (non-hydrogen) atoms. The van der Waals surface area contributed by atoms with E-state index in [1.807, 2.05) is 0 Å². The molecule has 0 aromatic heterocycles. The maximum atomic E-state index is 13.0. The van der Waals surface area contributed by atoms with Gasteiger partial charge < -0.3 is 9.64 Å². The van der Waals surface area contributed by atoms with Crippen LogP contribution in [0.15, 0.2) is 11.8 Å². The molecular formula is C11H15F3N2O5S. The van der Waals surface area contributed by atoms with Crippen LogP contribution in [0.1, 0.15) is 13.3 Å². The van der Waals surface area contributed by atoms with Crippen molar-refractivity contribution in [3.63, 3.8) is 0 Å². The molecular weight excluding hydrogens is 329 g/mol. The van der Waals surface area contributed by atoms with Gasteiger partial charge in [-0.3, -0.25) is 4.79 Å². The molecule has 1 saturated heterocycles. The Bertz CT molecular complexity index is 585. The first kappa shape index (κ1) is 18.4. The standard InChI is InChI=1S/C11H15F3N2O5S/c1-2-21-10(18)4-8(11(12,13)14)16-5-7(3-9(16)17)6-22(15,19)20/h4,7H,2-3,5-6H2,1H3,(H2,15,19,20). The molecule has 0 bridgehead atoms. The van der Waals surface area contributed by atoms with Crippen LogP contribution in [0.5, 0.6) is 0 Å². The maximum absolute atomic E-state index is 13.0.